The quantitative estimate of drug-likeness (QED) is 0.635. The zero-order chi connectivity index (χ0) is 13.4. The summed E-state index contributed by atoms with van der Waals surface area (Å²) in [6.45, 7) is 1.78. The summed E-state index contributed by atoms with van der Waals surface area (Å²) in [5, 5.41) is 0. The molecule has 0 atom stereocenters. The van der Waals surface area contributed by atoms with Crippen LogP contribution >= 0.6 is 0 Å². The Kier molecular flexibility index (Phi) is 6.20. The van der Waals surface area contributed by atoms with Gasteiger partial charge in [-0.3, -0.25) is 0 Å². The van der Waals surface area contributed by atoms with Gasteiger partial charge in [0.1, 0.15) is 11.6 Å². The number of ether oxygens (including phenoxy) is 1. The maximum absolute atomic E-state index is 13.1. The minimum atomic E-state index is -0.322. The van der Waals surface area contributed by atoms with Crippen LogP contribution in [0.4, 0.5) is 4.39 Å². The van der Waals surface area contributed by atoms with Gasteiger partial charge in [0.15, 0.2) is 0 Å². The fourth-order valence-corrected chi connectivity index (χ4v) is 1.43. The Hall–Kier alpha value is -1.57. The third kappa shape index (κ3) is 5.17. The third-order valence-electron chi connectivity index (χ3n) is 2.27. The summed E-state index contributed by atoms with van der Waals surface area (Å²) in [6, 6.07) is 4.34. The van der Waals surface area contributed by atoms with E-state index in [0.717, 1.165) is 13.0 Å². The molecule has 0 heterocycles. The molecule has 2 N–H and O–H groups in total. The zero-order valence-electron chi connectivity index (χ0n) is 10.9. The standard InChI is InChI=1S/C14H19FN2O/c1-17(2)9-4-10-18-14-7-6-13(15)11-12(14)5-3-8-16/h6-7,11H,4,8-10,16H2,1-2H3. The molecule has 3 nitrogen and oxygen atoms in total. The van der Waals surface area contributed by atoms with Crippen LogP contribution < -0.4 is 10.5 Å². The molecule has 0 aliphatic carbocycles. The lowest BCUT2D eigenvalue weighted by Gasteiger charge is -2.11. The highest BCUT2D eigenvalue weighted by Gasteiger charge is 2.03. The Bertz CT molecular complexity index is 435. The second-order valence-corrected chi connectivity index (χ2v) is 4.15. The minimum absolute atomic E-state index is 0.247. The molecule has 18 heavy (non-hydrogen) atoms. The predicted octanol–water partition coefficient (Wildman–Crippen LogP) is 1.47. The molecule has 98 valence electrons. The van der Waals surface area contributed by atoms with Gasteiger partial charge < -0.3 is 15.4 Å². The van der Waals surface area contributed by atoms with Crippen molar-refractivity contribution in [1.29, 1.82) is 0 Å². The van der Waals surface area contributed by atoms with Gasteiger partial charge in [-0.15, -0.1) is 0 Å². The van der Waals surface area contributed by atoms with Crippen molar-refractivity contribution in [3.8, 4) is 17.6 Å². The Morgan fingerprint density at radius 3 is 2.83 bits per heavy atom. The zero-order valence-corrected chi connectivity index (χ0v) is 10.9. The number of rotatable bonds is 5. The van der Waals surface area contributed by atoms with Crippen molar-refractivity contribution in [2.45, 2.75) is 6.42 Å². The van der Waals surface area contributed by atoms with E-state index in [4.69, 9.17) is 10.5 Å². The molecule has 0 aromatic heterocycles. The van der Waals surface area contributed by atoms with E-state index in [1.165, 1.54) is 12.1 Å². The highest BCUT2D eigenvalue weighted by Crippen LogP contribution is 2.18. The fourth-order valence-electron chi connectivity index (χ4n) is 1.43. The van der Waals surface area contributed by atoms with Crippen LogP contribution in [0.3, 0.4) is 0 Å². The van der Waals surface area contributed by atoms with Crippen molar-refractivity contribution in [1.82, 2.24) is 4.90 Å². The summed E-state index contributed by atoms with van der Waals surface area (Å²) in [5.74, 6) is 5.80. The van der Waals surface area contributed by atoms with Gasteiger partial charge in [0, 0.05) is 6.54 Å². The maximum atomic E-state index is 13.1. The number of hydrogen-bond donors (Lipinski definition) is 1. The molecule has 0 unspecified atom stereocenters. The monoisotopic (exact) mass is 250 g/mol. The molecule has 0 bridgehead atoms. The number of benzene rings is 1. The maximum Gasteiger partial charge on any atom is 0.135 e. The topological polar surface area (TPSA) is 38.5 Å². The highest BCUT2D eigenvalue weighted by atomic mass is 19.1. The van der Waals surface area contributed by atoms with Crippen molar-refractivity contribution in [3.63, 3.8) is 0 Å². The summed E-state index contributed by atoms with van der Waals surface area (Å²) in [5.41, 5.74) is 5.85. The van der Waals surface area contributed by atoms with Gasteiger partial charge in [-0.2, -0.15) is 0 Å². The van der Waals surface area contributed by atoms with Gasteiger partial charge in [0.25, 0.3) is 0 Å². The first kappa shape index (κ1) is 14.5. The molecule has 0 saturated heterocycles. The molecule has 0 fully saturated rings. The SMILES string of the molecule is CN(C)CCCOc1ccc(F)cc1C#CCN. The van der Waals surface area contributed by atoms with Gasteiger partial charge in [0.05, 0.1) is 18.7 Å². The summed E-state index contributed by atoms with van der Waals surface area (Å²) >= 11 is 0. The molecule has 0 aliphatic heterocycles. The molecule has 1 aromatic rings. The third-order valence-corrected chi connectivity index (χ3v) is 2.27. The smallest absolute Gasteiger partial charge is 0.135 e. The number of halogens is 1. The second kappa shape index (κ2) is 7.70. The van der Waals surface area contributed by atoms with E-state index in [0.29, 0.717) is 17.9 Å². The lowest BCUT2D eigenvalue weighted by atomic mass is 10.2. The van der Waals surface area contributed by atoms with Crippen molar-refractivity contribution in [3.05, 3.63) is 29.6 Å². The Morgan fingerprint density at radius 2 is 2.17 bits per heavy atom. The van der Waals surface area contributed by atoms with Crippen LogP contribution in [0, 0.1) is 17.7 Å². The molecular weight excluding hydrogens is 231 g/mol. The van der Waals surface area contributed by atoms with Crippen molar-refractivity contribution in [2.24, 2.45) is 5.73 Å². The first-order chi connectivity index (χ1) is 8.63. The molecule has 1 rings (SSSR count). The average molecular weight is 250 g/mol. The van der Waals surface area contributed by atoms with E-state index < -0.39 is 0 Å². The lowest BCUT2D eigenvalue weighted by Crippen LogP contribution is -2.15. The first-order valence-corrected chi connectivity index (χ1v) is 5.89. The number of nitrogens with two attached hydrogens (primary N) is 1. The largest absolute Gasteiger partial charge is 0.492 e. The van der Waals surface area contributed by atoms with E-state index in [-0.39, 0.29) is 12.4 Å². The van der Waals surface area contributed by atoms with Crippen LogP contribution in [0.5, 0.6) is 5.75 Å². The summed E-state index contributed by atoms with van der Waals surface area (Å²) < 4.78 is 18.7. The fraction of sp³-hybridized carbons (Fsp3) is 0.429. The van der Waals surface area contributed by atoms with E-state index in [9.17, 15) is 4.39 Å². The Balaban J connectivity index is 2.63. The van der Waals surface area contributed by atoms with Gasteiger partial charge >= 0.3 is 0 Å². The first-order valence-electron chi connectivity index (χ1n) is 5.89. The molecule has 0 aliphatic rings. The molecule has 0 amide bonds. The van der Waals surface area contributed by atoms with Gasteiger partial charge in [-0.1, -0.05) is 11.8 Å². The van der Waals surface area contributed by atoms with Crippen molar-refractivity contribution in [2.75, 3.05) is 33.8 Å². The Labute approximate surface area is 108 Å². The summed E-state index contributed by atoms with van der Waals surface area (Å²) in [4.78, 5) is 2.09. The van der Waals surface area contributed by atoms with Gasteiger partial charge in [0.2, 0.25) is 0 Å². The van der Waals surface area contributed by atoms with Crippen LogP contribution in [0.1, 0.15) is 12.0 Å². The Morgan fingerprint density at radius 1 is 1.39 bits per heavy atom. The van der Waals surface area contributed by atoms with Crippen LogP contribution in [0.15, 0.2) is 18.2 Å². The predicted molar refractivity (Wildman–Crippen MR) is 71.0 cm³/mol. The molecule has 0 saturated carbocycles. The number of hydrogen-bond acceptors (Lipinski definition) is 3. The average Bonchev–Trinajstić information content (AvgIpc) is 2.33. The van der Waals surface area contributed by atoms with Crippen molar-refractivity contribution >= 4 is 0 Å². The highest BCUT2D eigenvalue weighted by molar-refractivity contribution is 5.46. The van der Waals surface area contributed by atoms with E-state index in [2.05, 4.69) is 16.7 Å². The molecular formula is C14H19FN2O. The molecule has 0 radical (unpaired) electrons. The van der Waals surface area contributed by atoms with Crippen LogP contribution in [-0.4, -0.2) is 38.7 Å². The van der Waals surface area contributed by atoms with Crippen LogP contribution in [0.25, 0.3) is 0 Å². The van der Waals surface area contributed by atoms with Crippen LogP contribution in [-0.2, 0) is 0 Å². The summed E-state index contributed by atoms with van der Waals surface area (Å²) in [7, 11) is 4.02. The molecule has 4 heteroatoms. The number of nitrogens with zero attached hydrogens (tertiary/aromatic N) is 1. The van der Waals surface area contributed by atoms with Gasteiger partial charge in [-0.05, 0) is 38.7 Å². The lowest BCUT2D eigenvalue weighted by molar-refractivity contribution is 0.281. The van der Waals surface area contributed by atoms with Crippen molar-refractivity contribution < 1.29 is 9.13 Å². The summed E-state index contributed by atoms with van der Waals surface area (Å²) in [6.07, 6.45) is 0.911. The normalized spacial score (nSPS) is 10.1. The van der Waals surface area contributed by atoms with Crippen LogP contribution in [0.2, 0.25) is 0 Å². The molecule has 1 aromatic carbocycles. The minimum Gasteiger partial charge on any atom is -0.492 e. The second-order valence-electron chi connectivity index (χ2n) is 4.15. The molecule has 0 spiro atoms. The van der Waals surface area contributed by atoms with E-state index in [1.54, 1.807) is 6.07 Å². The van der Waals surface area contributed by atoms with E-state index >= 15 is 0 Å². The van der Waals surface area contributed by atoms with E-state index in [1.807, 2.05) is 14.1 Å². The van der Waals surface area contributed by atoms with Gasteiger partial charge in [-0.25, -0.2) is 4.39 Å².